The van der Waals surface area contributed by atoms with Crippen LogP contribution in [0.2, 0.25) is 0 Å². The van der Waals surface area contributed by atoms with Crippen molar-refractivity contribution < 1.29 is 4.84 Å². The third-order valence-electron chi connectivity index (χ3n) is 1.40. The molecule has 1 rings (SSSR count). The highest BCUT2D eigenvalue weighted by molar-refractivity contribution is 4.99. The van der Waals surface area contributed by atoms with E-state index in [0.717, 1.165) is 12.1 Å². The van der Waals surface area contributed by atoms with E-state index < -0.39 is 0 Å². The largest absolute Gasteiger partial charge is 0.304 e. The molecule has 0 amide bonds. The lowest BCUT2D eigenvalue weighted by molar-refractivity contribution is 0.140. The maximum Gasteiger partial charge on any atom is 0.0734 e. The SMILES string of the molecule is Cn1nccc1CCON. The van der Waals surface area contributed by atoms with E-state index in [4.69, 9.17) is 5.90 Å². The van der Waals surface area contributed by atoms with Crippen LogP contribution in [0.5, 0.6) is 0 Å². The van der Waals surface area contributed by atoms with E-state index in [1.807, 2.05) is 13.1 Å². The van der Waals surface area contributed by atoms with Crippen LogP contribution in [-0.4, -0.2) is 16.4 Å². The topological polar surface area (TPSA) is 53.1 Å². The molecule has 0 unspecified atom stereocenters. The average molecular weight is 141 g/mol. The molecular formula is C6H11N3O. The van der Waals surface area contributed by atoms with Crippen molar-refractivity contribution in [2.24, 2.45) is 12.9 Å². The van der Waals surface area contributed by atoms with Crippen molar-refractivity contribution in [1.29, 1.82) is 0 Å². The van der Waals surface area contributed by atoms with Gasteiger partial charge in [-0.1, -0.05) is 0 Å². The molecule has 0 bridgehead atoms. The highest BCUT2D eigenvalue weighted by atomic mass is 16.6. The molecule has 2 N–H and O–H groups in total. The van der Waals surface area contributed by atoms with Crippen LogP contribution >= 0.6 is 0 Å². The normalized spacial score (nSPS) is 10.2. The van der Waals surface area contributed by atoms with Crippen LogP contribution in [0.4, 0.5) is 0 Å². The van der Waals surface area contributed by atoms with E-state index in [1.54, 1.807) is 10.9 Å². The molecule has 0 aliphatic rings. The molecule has 0 saturated carbocycles. The van der Waals surface area contributed by atoms with E-state index in [0.29, 0.717) is 6.61 Å². The van der Waals surface area contributed by atoms with E-state index in [9.17, 15) is 0 Å². The summed E-state index contributed by atoms with van der Waals surface area (Å²) in [6.45, 7) is 0.541. The average Bonchev–Trinajstić information content (AvgIpc) is 2.31. The molecule has 1 aromatic rings. The van der Waals surface area contributed by atoms with Gasteiger partial charge in [0.25, 0.3) is 0 Å². The molecular weight excluding hydrogens is 130 g/mol. The summed E-state index contributed by atoms with van der Waals surface area (Å²) >= 11 is 0. The van der Waals surface area contributed by atoms with Gasteiger partial charge in [-0.15, -0.1) is 0 Å². The van der Waals surface area contributed by atoms with Crippen molar-refractivity contribution in [3.63, 3.8) is 0 Å². The van der Waals surface area contributed by atoms with Crippen LogP contribution < -0.4 is 5.90 Å². The quantitative estimate of drug-likeness (QED) is 0.596. The zero-order valence-corrected chi connectivity index (χ0v) is 5.95. The van der Waals surface area contributed by atoms with Gasteiger partial charge in [0.2, 0.25) is 0 Å². The predicted molar refractivity (Wildman–Crippen MR) is 37.1 cm³/mol. The number of nitrogens with zero attached hydrogens (tertiary/aromatic N) is 2. The minimum atomic E-state index is 0.541. The van der Waals surface area contributed by atoms with Crippen molar-refractivity contribution >= 4 is 0 Å². The van der Waals surface area contributed by atoms with Gasteiger partial charge in [0.1, 0.15) is 0 Å². The second-order valence-corrected chi connectivity index (χ2v) is 2.07. The summed E-state index contributed by atoms with van der Waals surface area (Å²) in [6, 6.07) is 1.94. The van der Waals surface area contributed by atoms with Gasteiger partial charge in [0, 0.05) is 25.4 Å². The van der Waals surface area contributed by atoms with Crippen LogP contribution in [0, 0.1) is 0 Å². The molecule has 0 aromatic carbocycles. The number of rotatable bonds is 3. The molecule has 0 radical (unpaired) electrons. The highest BCUT2D eigenvalue weighted by Gasteiger charge is 1.95. The van der Waals surface area contributed by atoms with E-state index in [2.05, 4.69) is 9.94 Å². The fraction of sp³-hybridized carbons (Fsp3) is 0.500. The zero-order valence-electron chi connectivity index (χ0n) is 5.95. The van der Waals surface area contributed by atoms with E-state index in [-0.39, 0.29) is 0 Å². The van der Waals surface area contributed by atoms with Gasteiger partial charge in [-0.25, -0.2) is 5.90 Å². The summed E-state index contributed by atoms with van der Waals surface area (Å²) in [6.07, 6.45) is 2.57. The lowest BCUT2D eigenvalue weighted by Gasteiger charge is -1.98. The predicted octanol–water partition coefficient (Wildman–Crippen LogP) is -0.147. The number of nitrogens with two attached hydrogens (primary N) is 1. The van der Waals surface area contributed by atoms with Gasteiger partial charge >= 0.3 is 0 Å². The number of hydrogen-bond acceptors (Lipinski definition) is 3. The van der Waals surface area contributed by atoms with Crippen molar-refractivity contribution in [1.82, 2.24) is 9.78 Å². The molecule has 0 fully saturated rings. The Kier molecular flexibility index (Phi) is 2.42. The van der Waals surface area contributed by atoms with Gasteiger partial charge in [-0.3, -0.25) is 4.68 Å². The molecule has 1 aromatic heterocycles. The Labute approximate surface area is 59.5 Å². The first-order chi connectivity index (χ1) is 4.84. The Morgan fingerprint density at radius 2 is 2.60 bits per heavy atom. The third kappa shape index (κ3) is 1.55. The fourth-order valence-corrected chi connectivity index (χ4v) is 0.810. The maximum atomic E-state index is 4.87. The summed E-state index contributed by atoms with van der Waals surface area (Å²) in [4.78, 5) is 4.43. The molecule has 56 valence electrons. The Hall–Kier alpha value is -0.870. The first kappa shape index (κ1) is 7.24. The first-order valence-corrected chi connectivity index (χ1v) is 3.13. The molecule has 10 heavy (non-hydrogen) atoms. The minimum absolute atomic E-state index is 0.541. The standard InChI is InChI=1S/C6H11N3O/c1-9-6(2-4-8-9)3-5-10-7/h2,4H,3,5,7H2,1H3. The fourth-order valence-electron chi connectivity index (χ4n) is 0.810. The minimum Gasteiger partial charge on any atom is -0.304 e. The van der Waals surface area contributed by atoms with Gasteiger partial charge in [-0.05, 0) is 6.07 Å². The Morgan fingerprint density at radius 1 is 1.80 bits per heavy atom. The monoisotopic (exact) mass is 141 g/mol. The van der Waals surface area contributed by atoms with Crippen LogP contribution in [0.25, 0.3) is 0 Å². The molecule has 0 aliphatic carbocycles. The molecule has 0 saturated heterocycles. The summed E-state index contributed by atoms with van der Waals surface area (Å²) < 4.78 is 1.80. The number of hydrogen-bond donors (Lipinski definition) is 1. The van der Waals surface area contributed by atoms with Crippen molar-refractivity contribution in [3.05, 3.63) is 18.0 Å². The van der Waals surface area contributed by atoms with Crippen molar-refractivity contribution in [2.45, 2.75) is 6.42 Å². The Balaban J connectivity index is 2.49. The number of aryl methyl sites for hydroxylation is 1. The molecule has 0 spiro atoms. The van der Waals surface area contributed by atoms with Gasteiger partial charge in [0.05, 0.1) is 6.61 Å². The van der Waals surface area contributed by atoms with Crippen molar-refractivity contribution in [2.75, 3.05) is 6.61 Å². The second-order valence-electron chi connectivity index (χ2n) is 2.07. The lowest BCUT2D eigenvalue weighted by Crippen LogP contribution is -2.06. The first-order valence-electron chi connectivity index (χ1n) is 3.13. The summed E-state index contributed by atoms with van der Waals surface area (Å²) in [5.41, 5.74) is 1.13. The molecule has 1 heterocycles. The van der Waals surface area contributed by atoms with Crippen LogP contribution in [-0.2, 0) is 18.3 Å². The van der Waals surface area contributed by atoms with Gasteiger partial charge in [0.15, 0.2) is 0 Å². The molecule has 0 atom stereocenters. The van der Waals surface area contributed by atoms with Gasteiger partial charge in [-0.2, -0.15) is 5.10 Å². The smallest absolute Gasteiger partial charge is 0.0734 e. The van der Waals surface area contributed by atoms with Crippen molar-refractivity contribution in [3.8, 4) is 0 Å². The zero-order chi connectivity index (χ0) is 7.40. The van der Waals surface area contributed by atoms with E-state index in [1.165, 1.54) is 0 Å². The number of aromatic nitrogens is 2. The summed E-state index contributed by atoms with van der Waals surface area (Å²) in [7, 11) is 1.89. The Bertz CT molecular complexity index is 197. The molecule has 0 aliphatic heterocycles. The van der Waals surface area contributed by atoms with Gasteiger partial charge < -0.3 is 4.84 Å². The Morgan fingerprint density at radius 3 is 3.10 bits per heavy atom. The molecule has 4 heteroatoms. The lowest BCUT2D eigenvalue weighted by atomic mass is 10.3. The third-order valence-corrected chi connectivity index (χ3v) is 1.40. The highest BCUT2D eigenvalue weighted by Crippen LogP contribution is 1.96. The van der Waals surface area contributed by atoms with Crippen LogP contribution in [0.15, 0.2) is 12.3 Å². The van der Waals surface area contributed by atoms with E-state index >= 15 is 0 Å². The second kappa shape index (κ2) is 3.34. The summed E-state index contributed by atoms with van der Waals surface area (Å²) in [5.74, 6) is 4.87. The maximum absolute atomic E-state index is 4.87. The van der Waals surface area contributed by atoms with Crippen LogP contribution in [0.1, 0.15) is 5.69 Å². The summed E-state index contributed by atoms with van der Waals surface area (Å²) in [5, 5.41) is 3.99. The molecule has 4 nitrogen and oxygen atoms in total. The van der Waals surface area contributed by atoms with Crippen LogP contribution in [0.3, 0.4) is 0 Å².